The van der Waals surface area contributed by atoms with Crippen molar-refractivity contribution in [2.75, 3.05) is 51.2 Å². The van der Waals surface area contributed by atoms with Crippen LogP contribution in [-0.2, 0) is 14.3 Å². The van der Waals surface area contributed by atoms with E-state index in [0.717, 1.165) is 12.8 Å². The lowest BCUT2D eigenvalue weighted by Gasteiger charge is -2.37. The van der Waals surface area contributed by atoms with Gasteiger partial charge in [-0.2, -0.15) is 0 Å². The molecule has 0 bridgehead atoms. The van der Waals surface area contributed by atoms with Gasteiger partial charge in [0.1, 0.15) is 18.5 Å². The number of guanidine groups is 1. The van der Waals surface area contributed by atoms with E-state index in [4.69, 9.17) is 4.74 Å². The number of nitrogens with zero attached hydrogens (tertiary/aromatic N) is 3. The molecule has 0 aliphatic carbocycles. The van der Waals surface area contributed by atoms with Gasteiger partial charge in [0.2, 0.25) is 5.91 Å². The molecule has 0 spiro atoms. The van der Waals surface area contributed by atoms with Crippen LogP contribution < -0.4 is 10.6 Å². The number of carbonyl (C=O) groups excluding carboxylic acids is 2. The zero-order valence-corrected chi connectivity index (χ0v) is 19.4. The maximum absolute atomic E-state index is 13.0. The number of hydrogen-bond donors (Lipinski definition) is 2. The fraction of sp³-hybridized carbons (Fsp3) is 0.550. The smallest absolute Gasteiger partial charge is 0.251 e. The van der Waals surface area contributed by atoms with Crippen LogP contribution in [-0.4, -0.2) is 79.6 Å². The van der Waals surface area contributed by atoms with Crippen LogP contribution in [0.15, 0.2) is 29.3 Å². The average Bonchev–Trinajstić information content (AvgIpc) is 3.27. The van der Waals surface area contributed by atoms with Crippen molar-refractivity contribution in [3.05, 3.63) is 30.1 Å². The Labute approximate surface area is 193 Å². The number of rotatable bonds is 5. The maximum atomic E-state index is 13.0. The summed E-state index contributed by atoms with van der Waals surface area (Å²) in [6, 6.07) is 5.60. The molecule has 1 unspecified atom stereocenters. The summed E-state index contributed by atoms with van der Waals surface area (Å²) in [4.78, 5) is 32.9. The third-order valence-corrected chi connectivity index (χ3v) is 4.93. The van der Waals surface area contributed by atoms with Gasteiger partial charge < -0.3 is 25.2 Å². The van der Waals surface area contributed by atoms with Crippen LogP contribution in [0.3, 0.4) is 0 Å². The summed E-state index contributed by atoms with van der Waals surface area (Å²) >= 11 is 0. The standard InChI is InChI=1S/C20H28FN5O3.HI/c1-2-22-20(23-14-18(27)24-16-7-5-15(21)6-8-16)26-11-9-25(10-12-26)19(28)17-4-3-13-29-17;/h5-8,17H,2-4,9-14H2,1H3,(H,22,23)(H,24,27);1H. The van der Waals surface area contributed by atoms with Gasteiger partial charge in [-0.05, 0) is 44.0 Å². The van der Waals surface area contributed by atoms with Gasteiger partial charge in [-0.1, -0.05) is 0 Å². The van der Waals surface area contributed by atoms with Crippen LogP contribution in [0.2, 0.25) is 0 Å². The van der Waals surface area contributed by atoms with Crippen LogP contribution in [0.1, 0.15) is 19.8 Å². The largest absolute Gasteiger partial charge is 0.368 e. The van der Waals surface area contributed by atoms with E-state index in [9.17, 15) is 14.0 Å². The summed E-state index contributed by atoms with van der Waals surface area (Å²) in [6.45, 7) is 5.74. The third-order valence-electron chi connectivity index (χ3n) is 4.93. The Morgan fingerprint density at radius 2 is 1.83 bits per heavy atom. The molecule has 30 heavy (non-hydrogen) atoms. The minimum Gasteiger partial charge on any atom is -0.368 e. The SMILES string of the molecule is CCNC(=NCC(=O)Nc1ccc(F)cc1)N1CCN(C(=O)C2CCCO2)CC1.I. The molecule has 2 fully saturated rings. The number of hydrogen-bond acceptors (Lipinski definition) is 4. The summed E-state index contributed by atoms with van der Waals surface area (Å²) in [6.07, 6.45) is 1.44. The Hall–Kier alpha value is -1.95. The minimum absolute atomic E-state index is 0. The molecular formula is C20H29FIN5O3. The highest BCUT2D eigenvalue weighted by atomic mass is 127. The number of ether oxygens (including phenoxy) is 1. The highest BCUT2D eigenvalue weighted by molar-refractivity contribution is 14.0. The molecule has 1 atom stereocenters. The van der Waals surface area contributed by atoms with Gasteiger partial charge in [-0.25, -0.2) is 9.38 Å². The van der Waals surface area contributed by atoms with E-state index in [0.29, 0.717) is 51.0 Å². The lowest BCUT2D eigenvalue weighted by molar-refractivity contribution is -0.142. The highest BCUT2D eigenvalue weighted by Gasteiger charge is 2.30. The zero-order chi connectivity index (χ0) is 20.6. The van der Waals surface area contributed by atoms with Gasteiger partial charge in [0.15, 0.2) is 5.96 Å². The number of carbonyl (C=O) groups is 2. The van der Waals surface area contributed by atoms with E-state index >= 15 is 0 Å². The number of anilines is 1. The molecule has 2 aliphatic heterocycles. The Bertz CT molecular complexity index is 732. The first-order valence-electron chi connectivity index (χ1n) is 10.1. The molecule has 166 valence electrons. The van der Waals surface area contributed by atoms with Gasteiger partial charge in [0.05, 0.1) is 0 Å². The van der Waals surface area contributed by atoms with Gasteiger partial charge in [0, 0.05) is 45.0 Å². The van der Waals surface area contributed by atoms with Crippen molar-refractivity contribution in [2.24, 2.45) is 4.99 Å². The van der Waals surface area contributed by atoms with Gasteiger partial charge in [0.25, 0.3) is 5.91 Å². The molecule has 1 aromatic carbocycles. The average molecular weight is 533 g/mol. The normalized spacial score (nSPS) is 19.3. The second-order valence-electron chi connectivity index (χ2n) is 7.04. The topological polar surface area (TPSA) is 86.3 Å². The van der Waals surface area contributed by atoms with E-state index in [1.165, 1.54) is 24.3 Å². The molecule has 2 aliphatic rings. The molecule has 8 nitrogen and oxygen atoms in total. The number of halogens is 2. The van der Waals surface area contributed by atoms with Crippen LogP contribution in [0.25, 0.3) is 0 Å². The van der Waals surface area contributed by atoms with Crippen LogP contribution in [0.4, 0.5) is 10.1 Å². The van der Waals surface area contributed by atoms with Crippen molar-refractivity contribution in [2.45, 2.75) is 25.9 Å². The Balaban J connectivity index is 0.00000320. The Kier molecular flexibility index (Phi) is 9.76. The van der Waals surface area contributed by atoms with Crippen molar-refractivity contribution in [1.82, 2.24) is 15.1 Å². The number of aliphatic imine (C=N–C) groups is 1. The van der Waals surface area contributed by atoms with Gasteiger partial charge in [-0.15, -0.1) is 24.0 Å². The van der Waals surface area contributed by atoms with Gasteiger partial charge >= 0.3 is 0 Å². The molecule has 0 aromatic heterocycles. The molecule has 1 aromatic rings. The first-order valence-corrected chi connectivity index (χ1v) is 10.1. The summed E-state index contributed by atoms with van der Waals surface area (Å²) in [5.74, 6) is 0.0838. The molecule has 3 rings (SSSR count). The lowest BCUT2D eigenvalue weighted by atomic mass is 10.2. The Morgan fingerprint density at radius 3 is 2.43 bits per heavy atom. The fourth-order valence-electron chi connectivity index (χ4n) is 3.42. The van der Waals surface area contributed by atoms with Crippen LogP contribution in [0.5, 0.6) is 0 Å². The maximum Gasteiger partial charge on any atom is 0.251 e. The lowest BCUT2D eigenvalue weighted by Crippen LogP contribution is -2.55. The second-order valence-corrected chi connectivity index (χ2v) is 7.04. The summed E-state index contributed by atoms with van der Waals surface area (Å²) < 4.78 is 18.4. The first kappa shape index (κ1) is 24.3. The van der Waals surface area contributed by atoms with E-state index in [1.54, 1.807) is 0 Å². The van der Waals surface area contributed by atoms with Crippen LogP contribution >= 0.6 is 24.0 Å². The molecule has 0 radical (unpaired) electrons. The molecule has 2 heterocycles. The van der Waals surface area contributed by atoms with Crippen molar-refractivity contribution in [3.8, 4) is 0 Å². The quantitative estimate of drug-likeness (QED) is 0.342. The summed E-state index contributed by atoms with van der Waals surface area (Å²) in [7, 11) is 0. The van der Waals surface area contributed by atoms with Crippen molar-refractivity contribution in [1.29, 1.82) is 0 Å². The van der Waals surface area contributed by atoms with E-state index < -0.39 is 0 Å². The van der Waals surface area contributed by atoms with Crippen molar-refractivity contribution >= 4 is 47.4 Å². The van der Waals surface area contributed by atoms with E-state index in [-0.39, 0.29) is 54.3 Å². The van der Waals surface area contributed by atoms with Crippen molar-refractivity contribution < 1.29 is 18.7 Å². The number of piperazine rings is 1. The molecule has 2 N–H and O–H groups in total. The van der Waals surface area contributed by atoms with E-state index in [2.05, 4.69) is 15.6 Å². The number of nitrogens with one attached hydrogen (secondary N) is 2. The fourth-order valence-corrected chi connectivity index (χ4v) is 3.42. The predicted molar refractivity (Wildman–Crippen MR) is 124 cm³/mol. The monoisotopic (exact) mass is 533 g/mol. The predicted octanol–water partition coefficient (Wildman–Crippen LogP) is 1.67. The van der Waals surface area contributed by atoms with Gasteiger partial charge in [-0.3, -0.25) is 9.59 Å². The molecule has 10 heteroatoms. The summed E-state index contributed by atoms with van der Waals surface area (Å²) in [5, 5.41) is 5.89. The minimum atomic E-state index is -0.354. The highest BCUT2D eigenvalue weighted by Crippen LogP contribution is 2.16. The zero-order valence-electron chi connectivity index (χ0n) is 17.1. The Morgan fingerprint density at radius 1 is 1.17 bits per heavy atom. The summed E-state index contributed by atoms with van der Waals surface area (Å²) in [5.41, 5.74) is 0.526. The molecule has 2 saturated heterocycles. The third kappa shape index (κ3) is 6.79. The number of benzene rings is 1. The number of amides is 2. The molecule has 2 amide bonds. The van der Waals surface area contributed by atoms with Crippen molar-refractivity contribution in [3.63, 3.8) is 0 Å². The molecular weight excluding hydrogens is 504 g/mol. The first-order chi connectivity index (χ1) is 14.1. The second kappa shape index (κ2) is 12.0. The van der Waals surface area contributed by atoms with Crippen LogP contribution in [0, 0.1) is 5.82 Å². The molecule has 0 saturated carbocycles. The van der Waals surface area contributed by atoms with E-state index in [1.807, 2.05) is 16.7 Å².